The van der Waals surface area contributed by atoms with Gasteiger partial charge < -0.3 is 20.5 Å². The molecule has 1 saturated heterocycles. The third-order valence-electron chi connectivity index (χ3n) is 6.19. The minimum Gasteiger partial charge on any atom is -0.507 e. The maximum absolute atomic E-state index is 10.6. The predicted molar refractivity (Wildman–Crippen MR) is 136 cm³/mol. The van der Waals surface area contributed by atoms with Crippen molar-refractivity contribution in [3.05, 3.63) is 60.2 Å². The Bertz CT molecular complexity index is 1210. The maximum Gasteiger partial charge on any atom is 0.127 e. The summed E-state index contributed by atoms with van der Waals surface area (Å²) in [6, 6.07) is 19.0. The van der Waals surface area contributed by atoms with Gasteiger partial charge in [-0.25, -0.2) is 4.98 Å². The second kappa shape index (κ2) is 9.00. The van der Waals surface area contributed by atoms with Crippen molar-refractivity contribution in [1.82, 2.24) is 10.3 Å². The number of hydrogen-bond acceptors (Lipinski definition) is 6. The fourth-order valence-electron chi connectivity index (χ4n) is 5.13. The Kier molecular flexibility index (Phi) is 6.24. The SMILES string of the molecule is COc1ccc(O)c(-c2cc(-c3ccc(C#N)cc3)cc(NC3CC(C)(C)NC(C)(C)C3)n2)c1. The first-order valence-corrected chi connectivity index (χ1v) is 11.5. The van der Waals surface area contributed by atoms with Crippen molar-refractivity contribution in [2.45, 2.75) is 57.7 Å². The number of rotatable bonds is 5. The number of nitriles is 1. The lowest BCUT2D eigenvalue weighted by atomic mass is 9.79. The lowest BCUT2D eigenvalue weighted by Crippen LogP contribution is -2.60. The van der Waals surface area contributed by atoms with Crippen molar-refractivity contribution in [3.63, 3.8) is 0 Å². The minimum atomic E-state index is -0.00194. The lowest BCUT2D eigenvalue weighted by Gasteiger charge is -2.46. The van der Waals surface area contributed by atoms with E-state index in [4.69, 9.17) is 15.0 Å². The highest BCUT2D eigenvalue weighted by atomic mass is 16.5. The molecule has 1 aliphatic heterocycles. The molecule has 0 spiro atoms. The zero-order valence-electron chi connectivity index (χ0n) is 20.4. The van der Waals surface area contributed by atoms with E-state index in [2.05, 4.69) is 44.4 Å². The van der Waals surface area contributed by atoms with Crippen LogP contribution in [0.3, 0.4) is 0 Å². The summed E-state index contributed by atoms with van der Waals surface area (Å²) in [5.41, 5.74) is 3.78. The Morgan fingerprint density at radius 1 is 1.00 bits per heavy atom. The van der Waals surface area contributed by atoms with E-state index in [1.54, 1.807) is 25.3 Å². The lowest BCUT2D eigenvalue weighted by molar-refractivity contribution is 0.170. The number of aromatic nitrogens is 1. The number of ether oxygens (including phenoxy) is 1. The highest BCUT2D eigenvalue weighted by Crippen LogP contribution is 2.36. The summed E-state index contributed by atoms with van der Waals surface area (Å²) >= 11 is 0. The number of pyridine rings is 1. The second-order valence-corrected chi connectivity index (χ2v) is 10.3. The molecule has 0 amide bonds. The van der Waals surface area contributed by atoms with Crippen LogP contribution >= 0.6 is 0 Å². The summed E-state index contributed by atoms with van der Waals surface area (Å²) in [6.07, 6.45) is 1.91. The number of phenolic OH excluding ortho intramolecular Hbond substituents is 1. The number of nitrogens with zero attached hydrogens (tertiary/aromatic N) is 2. The van der Waals surface area contributed by atoms with Crippen LogP contribution < -0.4 is 15.4 Å². The first-order chi connectivity index (χ1) is 16.1. The fraction of sp³-hybridized carbons (Fsp3) is 0.357. The number of aromatic hydroxyl groups is 1. The van der Waals surface area contributed by atoms with Gasteiger partial charge in [-0.05, 0) is 94.1 Å². The van der Waals surface area contributed by atoms with E-state index in [1.807, 2.05) is 36.4 Å². The van der Waals surface area contributed by atoms with Gasteiger partial charge in [0.15, 0.2) is 0 Å². The fourth-order valence-corrected chi connectivity index (χ4v) is 5.13. The molecular weight excluding hydrogens is 424 g/mol. The monoisotopic (exact) mass is 456 g/mol. The predicted octanol–water partition coefficient (Wildman–Crippen LogP) is 5.72. The molecule has 0 saturated carbocycles. The summed E-state index contributed by atoms with van der Waals surface area (Å²) in [6.45, 7) is 8.90. The number of methoxy groups -OCH3 is 1. The number of benzene rings is 2. The maximum atomic E-state index is 10.6. The van der Waals surface area contributed by atoms with E-state index in [-0.39, 0.29) is 22.9 Å². The van der Waals surface area contributed by atoms with E-state index in [1.165, 1.54) is 0 Å². The molecule has 4 rings (SSSR count). The summed E-state index contributed by atoms with van der Waals surface area (Å²) in [7, 11) is 1.60. The van der Waals surface area contributed by atoms with E-state index in [0.29, 0.717) is 22.6 Å². The molecule has 1 aromatic heterocycles. The summed E-state index contributed by atoms with van der Waals surface area (Å²) in [4.78, 5) is 4.89. The van der Waals surface area contributed by atoms with Crippen LogP contribution in [0.25, 0.3) is 22.4 Å². The van der Waals surface area contributed by atoms with Crippen molar-refractivity contribution in [3.8, 4) is 40.0 Å². The topological polar surface area (TPSA) is 90.2 Å². The van der Waals surface area contributed by atoms with E-state index < -0.39 is 0 Å². The van der Waals surface area contributed by atoms with Crippen LogP contribution in [0.4, 0.5) is 5.82 Å². The Balaban J connectivity index is 1.78. The molecule has 3 N–H and O–H groups in total. The van der Waals surface area contributed by atoms with E-state index in [9.17, 15) is 5.11 Å². The Hall–Kier alpha value is -3.56. The molecule has 1 aliphatic rings. The standard InChI is InChI=1S/C28H32N4O2/c1-27(2)15-21(16-28(3,4)32-27)30-26-13-20(19-8-6-18(17-29)7-9-19)12-24(31-26)23-14-22(34-5)10-11-25(23)33/h6-14,21,32-33H,15-16H2,1-5H3,(H,30,31). The van der Waals surface area contributed by atoms with Gasteiger partial charge in [0, 0.05) is 22.7 Å². The van der Waals surface area contributed by atoms with Gasteiger partial charge in [0.05, 0.1) is 24.4 Å². The average Bonchev–Trinajstić information content (AvgIpc) is 2.77. The van der Waals surface area contributed by atoms with Crippen LogP contribution in [0.5, 0.6) is 11.5 Å². The molecule has 0 bridgehead atoms. The van der Waals surface area contributed by atoms with Crippen LogP contribution in [-0.4, -0.2) is 34.3 Å². The van der Waals surface area contributed by atoms with Gasteiger partial charge >= 0.3 is 0 Å². The Labute approximate surface area is 201 Å². The van der Waals surface area contributed by atoms with Crippen LogP contribution in [0.15, 0.2) is 54.6 Å². The molecular formula is C28H32N4O2. The van der Waals surface area contributed by atoms with Gasteiger partial charge in [0.2, 0.25) is 0 Å². The smallest absolute Gasteiger partial charge is 0.127 e. The van der Waals surface area contributed by atoms with Gasteiger partial charge in [-0.2, -0.15) is 5.26 Å². The van der Waals surface area contributed by atoms with Crippen LogP contribution in [0.1, 0.15) is 46.1 Å². The molecule has 0 atom stereocenters. The summed E-state index contributed by atoms with van der Waals surface area (Å²) in [5, 5.41) is 27.2. The molecule has 3 aromatic rings. The molecule has 0 radical (unpaired) electrons. The number of hydrogen-bond donors (Lipinski definition) is 3. The first kappa shape index (κ1) is 23.6. The molecule has 6 nitrogen and oxygen atoms in total. The Morgan fingerprint density at radius 3 is 2.29 bits per heavy atom. The van der Waals surface area contributed by atoms with E-state index >= 15 is 0 Å². The molecule has 176 valence electrons. The summed E-state index contributed by atoms with van der Waals surface area (Å²) in [5.74, 6) is 1.53. The third kappa shape index (κ3) is 5.32. The molecule has 34 heavy (non-hydrogen) atoms. The number of nitrogens with one attached hydrogen (secondary N) is 2. The highest BCUT2D eigenvalue weighted by Gasteiger charge is 2.37. The highest BCUT2D eigenvalue weighted by molar-refractivity contribution is 5.77. The van der Waals surface area contributed by atoms with Crippen molar-refractivity contribution < 1.29 is 9.84 Å². The second-order valence-electron chi connectivity index (χ2n) is 10.3. The first-order valence-electron chi connectivity index (χ1n) is 11.5. The van der Waals surface area contributed by atoms with Gasteiger partial charge in [0.1, 0.15) is 17.3 Å². The zero-order chi connectivity index (χ0) is 24.5. The molecule has 2 heterocycles. The van der Waals surface area contributed by atoms with Crippen LogP contribution in [-0.2, 0) is 0 Å². The van der Waals surface area contributed by atoms with Gasteiger partial charge in [-0.15, -0.1) is 0 Å². The number of anilines is 1. The summed E-state index contributed by atoms with van der Waals surface area (Å²) < 4.78 is 5.38. The van der Waals surface area contributed by atoms with Crippen molar-refractivity contribution in [2.24, 2.45) is 0 Å². The van der Waals surface area contributed by atoms with Crippen molar-refractivity contribution >= 4 is 5.82 Å². The van der Waals surface area contributed by atoms with Gasteiger partial charge in [-0.1, -0.05) is 12.1 Å². The van der Waals surface area contributed by atoms with Gasteiger partial charge in [-0.3, -0.25) is 0 Å². The Morgan fingerprint density at radius 2 is 1.68 bits per heavy atom. The third-order valence-corrected chi connectivity index (χ3v) is 6.19. The average molecular weight is 457 g/mol. The number of phenols is 1. The minimum absolute atomic E-state index is 0.00194. The quantitative estimate of drug-likeness (QED) is 0.455. The van der Waals surface area contributed by atoms with Crippen molar-refractivity contribution in [1.29, 1.82) is 5.26 Å². The molecule has 1 fully saturated rings. The zero-order valence-corrected chi connectivity index (χ0v) is 20.4. The van der Waals surface area contributed by atoms with Gasteiger partial charge in [0.25, 0.3) is 0 Å². The van der Waals surface area contributed by atoms with Crippen LogP contribution in [0, 0.1) is 11.3 Å². The largest absolute Gasteiger partial charge is 0.507 e. The van der Waals surface area contributed by atoms with Crippen molar-refractivity contribution in [2.75, 3.05) is 12.4 Å². The van der Waals surface area contributed by atoms with E-state index in [0.717, 1.165) is 29.8 Å². The normalized spacial score (nSPS) is 17.1. The number of piperidine rings is 1. The molecule has 6 heteroatoms. The molecule has 0 aliphatic carbocycles. The molecule has 2 aromatic carbocycles. The molecule has 0 unspecified atom stereocenters. The van der Waals surface area contributed by atoms with Crippen LogP contribution in [0.2, 0.25) is 0 Å².